The van der Waals surface area contributed by atoms with E-state index in [9.17, 15) is 4.79 Å². The molecule has 0 saturated carbocycles. The van der Waals surface area contributed by atoms with Crippen LogP contribution in [0.5, 0.6) is 0 Å². The molecular weight excluding hydrogens is 326 g/mol. The third kappa shape index (κ3) is 4.12. The first-order valence-corrected chi connectivity index (χ1v) is 8.99. The van der Waals surface area contributed by atoms with E-state index < -0.39 is 0 Å². The summed E-state index contributed by atoms with van der Waals surface area (Å²) in [6, 6.07) is 6.12. The molecule has 0 bridgehead atoms. The minimum absolute atomic E-state index is 0.0361. The van der Waals surface area contributed by atoms with Gasteiger partial charge in [0.1, 0.15) is 0 Å². The maximum atomic E-state index is 12.0. The molecule has 1 amide bonds. The molecule has 1 atom stereocenters. The van der Waals surface area contributed by atoms with E-state index in [0.717, 1.165) is 36.3 Å². The average molecular weight is 347 g/mol. The van der Waals surface area contributed by atoms with Crippen LogP contribution in [0.3, 0.4) is 0 Å². The standard InChI is InChI=1S/C16H21N5O2S/c1-11-5-6-12(2)14(8-11)21-16(18-19-20-21)24-10-15(22)17-9-13-4-3-7-23-13/h5-6,8,13H,3-4,7,9-10H2,1-2H3,(H,17,22)/t13-/m0/s1. The number of hydrogen-bond donors (Lipinski definition) is 1. The molecule has 1 aromatic heterocycles. The number of aromatic nitrogens is 4. The highest BCUT2D eigenvalue weighted by molar-refractivity contribution is 7.99. The number of ether oxygens (including phenoxy) is 1. The summed E-state index contributed by atoms with van der Waals surface area (Å²) in [4.78, 5) is 12.0. The average Bonchev–Trinajstić information content (AvgIpc) is 3.24. The van der Waals surface area contributed by atoms with Crippen LogP contribution >= 0.6 is 11.8 Å². The first-order valence-electron chi connectivity index (χ1n) is 8.00. The molecule has 1 saturated heterocycles. The van der Waals surface area contributed by atoms with Crippen molar-refractivity contribution >= 4 is 17.7 Å². The number of hydrogen-bond acceptors (Lipinski definition) is 6. The number of aryl methyl sites for hydroxylation is 2. The van der Waals surface area contributed by atoms with Gasteiger partial charge in [0.25, 0.3) is 0 Å². The summed E-state index contributed by atoms with van der Waals surface area (Å²) in [5.41, 5.74) is 3.15. The van der Waals surface area contributed by atoms with Crippen LogP contribution in [-0.2, 0) is 9.53 Å². The zero-order chi connectivity index (χ0) is 16.9. The molecular formula is C16H21N5O2S. The highest BCUT2D eigenvalue weighted by Crippen LogP contribution is 2.21. The molecule has 1 fully saturated rings. The Balaban J connectivity index is 1.59. The van der Waals surface area contributed by atoms with Gasteiger partial charge in [0, 0.05) is 13.2 Å². The van der Waals surface area contributed by atoms with Crippen molar-refractivity contribution < 1.29 is 9.53 Å². The van der Waals surface area contributed by atoms with E-state index in [1.165, 1.54) is 11.8 Å². The fourth-order valence-corrected chi connectivity index (χ4v) is 3.30. The minimum Gasteiger partial charge on any atom is -0.376 e. The minimum atomic E-state index is -0.0361. The van der Waals surface area contributed by atoms with Crippen molar-refractivity contribution in [1.29, 1.82) is 0 Å². The fourth-order valence-electron chi connectivity index (χ4n) is 2.58. The lowest BCUT2D eigenvalue weighted by Crippen LogP contribution is -2.32. The van der Waals surface area contributed by atoms with Crippen LogP contribution in [0.2, 0.25) is 0 Å². The lowest BCUT2D eigenvalue weighted by Gasteiger charge is -2.11. The summed E-state index contributed by atoms with van der Waals surface area (Å²) in [6.07, 6.45) is 2.23. The number of carbonyl (C=O) groups is 1. The Morgan fingerprint density at radius 1 is 1.46 bits per heavy atom. The molecule has 1 aromatic carbocycles. The van der Waals surface area contributed by atoms with Crippen molar-refractivity contribution in [3.63, 3.8) is 0 Å². The predicted molar refractivity (Wildman–Crippen MR) is 91.3 cm³/mol. The quantitative estimate of drug-likeness (QED) is 0.801. The van der Waals surface area contributed by atoms with E-state index in [-0.39, 0.29) is 17.8 Å². The van der Waals surface area contributed by atoms with E-state index >= 15 is 0 Å². The SMILES string of the molecule is Cc1ccc(C)c(-n2nnnc2SCC(=O)NC[C@@H]2CCCO2)c1. The molecule has 8 heteroatoms. The van der Waals surface area contributed by atoms with Gasteiger partial charge < -0.3 is 10.1 Å². The van der Waals surface area contributed by atoms with Crippen LogP contribution in [0.1, 0.15) is 24.0 Å². The first kappa shape index (κ1) is 16.9. The van der Waals surface area contributed by atoms with Gasteiger partial charge in [-0.3, -0.25) is 4.79 Å². The summed E-state index contributed by atoms with van der Waals surface area (Å²) in [5, 5.41) is 15.3. The maximum absolute atomic E-state index is 12.0. The highest BCUT2D eigenvalue weighted by atomic mass is 32.2. The summed E-state index contributed by atoms with van der Waals surface area (Å²) in [5.74, 6) is 0.240. The molecule has 1 N–H and O–H groups in total. The summed E-state index contributed by atoms with van der Waals surface area (Å²) in [6.45, 7) is 5.40. The predicted octanol–water partition coefficient (Wildman–Crippen LogP) is 1.67. The van der Waals surface area contributed by atoms with Crippen molar-refractivity contribution in [2.75, 3.05) is 18.9 Å². The Morgan fingerprint density at radius 2 is 2.33 bits per heavy atom. The Bertz CT molecular complexity index is 712. The Hall–Kier alpha value is -1.93. The van der Waals surface area contributed by atoms with Crippen LogP contribution in [-0.4, -0.2) is 51.1 Å². The summed E-state index contributed by atoms with van der Waals surface area (Å²) < 4.78 is 7.18. The second-order valence-electron chi connectivity index (χ2n) is 5.89. The van der Waals surface area contributed by atoms with Crippen molar-refractivity contribution in [3.05, 3.63) is 29.3 Å². The number of nitrogens with zero attached hydrogens (tertiary/aromatic N) is 4. The molecule has 24 heavy (non-hydrogen) atoms. The van der Waals surface area contributed by atoms with Crippen molar-refractivity contribution in [2.24, 2.45) is 0 Å². The fraction of sp³-hybridized carbons (Fsp3) is 0.500. The molecule has 2 heterocycles. The van der Waals surface area contributed by atoms with Gasteiger partial charge in [0.15, 0.2) is 0 Å². The van der Waals surface area contributed by atoms with E-state index in [1.54, 1.807) is 4.68 Å². The smallest absolute Gasteiger partial charge is 0.230 e. The van der Waals surface area contributed by atoms with Gasteiger partial charge in [-0.25, -0.2) is 0 Å². The van der Waals surface area contributed by atoms with Gasteiger partial charge in [-0.05, 0) is 54.3 Å². The van der Waals surface area contributed by atoms with E-state index in [2.05, 4.69) is 26.9 Å². The number of carbonyl (C=O) groups excluding carboxylic acids is 1. The Morgan fingerprint density at radius 3 is 3.12 bits per heavy atom. The molecule has 1 aliphatic rings. The zero-order valence-corrected chi connectivity index (χ0v) is 14.7. The molecule has 2 aromatic rings. The van der Waals surface area contributed by atoms with Crippen LogP contribution in [0.25, 0.3) is 5.69 Å². The second-order valence-corrected chi connectivity index (χ2v) is 6.83. The maximum Gasteiger partial charge on any atom is 0.230 e. The second kappa shape index (κ2) is 7.76. The number of tetrazole rings is 1. The third-order valence-electron chi connectivity index (χ3n) is 3.92. The number of amides is 1. The Kier molecular flexibility index (Phi) is 5.47. The van der Waals surface area contributed by atoms with Gasteiger partial charge in [-0.2, -0.15) is 4.68 Å². The number of nitrogens with one attached hydrogen (secondary N) is 1. The summed E-state index contributed by atoms with van der Waals surface area (Å²) >= 11 is 1.33. The molecule has 3 rings (SSSR count). The molecule has 7 nitrogen and oxygen atoms in total. The van der Waals surface area contributed by atoms with Gasteiger partial charge in [0.2, 0.25) is 11.1 Å². The topological polar surface area (TPSA) is 81.9 Å². The van der Waals surface area contributed by atoms with Crippen molar-refractivity contribution in [3.8, 4) is 5.69 Å². The monoisotopic (exact) mass is 347 g/mol. The van der Waals surface area contributed by atoms with Gasteiger partial charge in [0.05, 0.1) is 17.5 Å². The first-order chi connectivity index (χ1) is 11.6. The lowest BCUT2D eigenvalue weighted by atomic mass is 10.1. The van der Waals surface area contributed by atoms with E-state index in [4.69, 9.17) is 4.74 Å². The molecule has 128 valence electrons. The molecule has 0 radical (unpaired) electrons. The number of thioether (sulfide) groups is 1. The third-order valence-corrected chi connectivity index (χ3v) is 4.84. The van der Waals surface area contributed by atoms with Crippen LogP contribution in [0.4, 0.5) is 0 Å². The zero-order valence-electron chi connectivity index (χ0n) is 13.9. The van der Waals surface area contributed by atoms with E-state index in [1.807, 2.05) is 26.0 Å². The van der Waals surface area contributed by atoms with Crippen LogP contribution in [0, 0.1) is 13.8 Å². The summed E-state index contributed by atoms with van der Waals surface area (Å²) in [7, 11) is 0. The van der Waals surface area contributed by atoms with E-state index in [0.29, 0.717) is 11.7 Å². The van der Waals surface area contributed by atoms with Crippen molar-refractivity contribution in [1.82, 2.24) is 25.5 Å². The Labute approximate surface area is 145 Å². The normalized spacial score (nSPS) is 17.2. The van der Waals surface area contributed by atoms with Gasteiger partial charge in [-0.15, -0.1) is 5.10 Å². The number of rotatable bonds is 6. The van der Waals surface area contributed by atoms with Gasteiger partial charge >= 0.3 is 0 Å². The lowest BCUT2D eigenvalue weighted by molar-refractivity contribution is -0.119. The van der Waals surface area contributed by atoms with Crippen molar-refractivity contribution in [2.45, 2.75) is 37.9 Å². The van der Waals surface area contributed by atoms with Crippen LogP contribution < -0.4 is 5.32 Å². The number of benzene rings is 1. The molecule has 0 unspecified atom stereocenters. The molecule has 1 aliphatic heterocycles. The molecule has 0 spiro atoms. The largest absolute Gasteiger partial charge is 0.376 e. The van der Waals surface area contributed by atoms with Crippen LogP contribution in [0.15, 0.2) is 23.4 Å². The molecule has 0 aliphatic carbocycles. The van der Waals surface area contributed by atoms with Gasteiger partial charge in [-0.1, -0.05) is 23.9 Å². The highest BCUT2D eigenvalue weighted by Gasteiger charge is 2.17.